The first-order chi connectivity index (χ1) is 14.0. The van der Waals surface area contributed by atoms with Crippen LogP contribution in [0.15, 0.2) is 48.5 Å². The van der Waals surface area contributed by atoms with Gasteiger partial charge >= 0.3 is 0 Å². The second-order valence-electron chi connectivity index (χ2n) is 7.11. The van der Waals surface area contributed by atoms with Gasteiger partial charge in [-0.2, -0.15) is 0 Å². The standard InChI is InChI=1S/C22H25N3O4/c1-2-17-3-5-18(6-4-17)21(26)11-12-22(27)24-15-13-23(14-16-24)19-7-9-20(10-8-19)25(28)29/h3-10H,2,11-16H2,1H3. The van der Waals surface area contributed by atoms with Crippen LogP contribution in [0.1, 0.15) is 35.7 Å². The van der Waals surface area contributed by atoms with Crippen LogP contribution in [0.5, 0.6) is 0 Å². The molecule has 0 radical (unpaired) electrons. The van der Waals surface area contributed by atoms with Gasteiger partial charge in [-0.05, 0) is 24.1 Å². The van der Waals surface area contributed by atoms with Gasteiger partial charge in [0.25, 0.3) is 5.69 Å². The normalized spacial score (nSPS) is 14.0. The van der Waals surface area contributed by atoms with E-state index in [1.807, 2.05) is 24.3 Å². The molecule has 3 rings (SSSR count). The number of anilines is 1. The van der Waals surface area contributed by atoms with Crippen molar-refractivity contribution in [2.24, 2.45) is 0 Å². The highest BCUT2D eigenvalue weighted by molar-refractivity contribution is 5.98. The third kappa shape index (κ3) is 5.19. The van der Waals surface area contributed by atoms with E-state index in [0.29, 0.717) is 31.7 Å². The van der Waals surface area contributed by atoms with Gasteiger partial charge in [0.15, 0.2) is 5.78 Å². The van der Waals surface area contributed by atoms with E-state index in [9.17, 15) is 19.7 Å². The largest absolute Gasteiger partial charge is 0.368 e. The van der Waals surface area contributed by atoms with Gasteiger partial charge < -0.3 is 9.80 Å². The summed E-state index contributed by atoms with van der Waals surface area (Å²) >= 11 is 0. The lowest BCUT2D eigenvalue weighted by Gasteiger charge is -2.36. The zero-order valence-corrected chi connectivity index (χ0v) is 16.5. The van der Waals surface area contributed by atoms with Crippen molar-refractivity contribution >= 4 is 23.1 Å². The average Bonchev–Trinajstić information content (AvgIpc) is 2.77. The Morgan fingerprint density at radius 2 is 1.55 bits per heavy atom. The smallest absolute Gasteiger partial charge is 0.269 e. The molecular formula is C22H25N3O4. The lowest BCUT2D eigenvalue weighted by atomic mass is 10.0. The summed E-state index contributed by atoms with van der Waals surface area (Å²) in [7, 11) is 0. The number of benzene rings is 2. The summed E-state index contributed by atoms with van der Waals surface area (Å²) in [4.78, 5) is 39.0. The molecule has 1 saturated heterocycles. The van der Waals surface area contributed by atoms with Gasteiger partial charge in [-0.3, -0.25) is 19.7 Å². The molecule has 1 aliphatic heterocycles. The number of aryl methyl sites for hydroxylation is 1. The van der Waals surface area contributed by atoms with E-state index in [-0.39, 0.29) is 30.2 Å². The Morgan fingerprint density at radius 1 is 0.931 bits per heavy atom. The van der Waals surface area contributed by atoms with E-state index in [1.54, 1.807) is 17.0 Å². The molecule has 1 heterocycles. The lowest BCUT2D eigenvalue weighted by molar-refractivity contribution is -0.384. The van der Waals surface area contributed by atoms with Crippen molar-refractivity contribution in [2.75, 3.05) is 31.1 Å². The average molecular weight is 395 g/mol. The molecule has 29 heavy (non-hydrogen) atoms. The molecule has 1 amide bonds. The molecule has 0 spiro atoms. The van der Waals surface area contributed by atoms with Crippen LogP contribution in [-0.4, -0.2) is 47.7 Å². The molecule has 152 valence electrons. The molecule has 1 fully saturated rings. The molecule has 2 aromatic rings. The molecule has 0 N–H and O–H groups in total. The third-order valence-corrected chi connectivity index (χ3v) is 5.31. The fourth-order valence-corrected chi connectivity index (χ4v) is 3.45. The van der Waals surface area contributed by atoms with Crippen molar-refractivity contribution in [3.05, 3.63) is 69.8 Å². The number of hydrogen-bond donors (Lipinski definition) is 0. The summed E-state index contributed by atoms with van der Waals surface area (Å²) in [5.74, 6) is -0.0163. The van der Waals surface area contributed by atoms with Gasteiger partial charge in [0.05, 0.1) is 4.92 Å². The number of non-ortho nitro benzene ring substituents is 1. The lowest BCUT2D eigenvalue weighted by Crippen LogP contribution is -2.48. The van der Waals surface area contributed by atoms with Gasteiger partial charge in [-0.25, -0.2) is 0 Å². The van der Waals surface area contributed by atoms with Gasteiger partial charge in [0, 0.05) is 62.4 Å². The van der Waals surface area contributed by atoms with Gasteiger partial charge in [-0.1, -0.05) is 31.2 Å². The highest BCUT2D eigenvalue weighted by atomic mass is 16.6. The first-order valence-electron chi connectivity index (χ1n) is 9.87. The molecule has 0 aliphatic carbocycles. The number of ketones is 1. The van der Waals surface area contributed by atoms with E-state index >= 15 is 0 Å². The quantitative estimate of drug-likeness (QED) is 0.407. The molecule has 0 atom stereocenters. The summed E-state index contributed by atoms with van der Waals surface area (Å²) in [6, 6.07) is 14.0. The Kier molecular flexibility index (Phi) is 6.59. The number of carbonyl (C=O) groups is 2. The van der Waals surface area contributed by atoms with Gasteiger partial charge in [0.2, 0.25) is 5.91 Å². The Labute approximate surface area is 170 Å². The zero-order valence-electron chi connectivity index (χ0n) is 16.5. The Hall–Kier alpha value is -3.22. The van der Waals surface area contributed by atoms with Crippen LogP contribution in [-0.2, 0) is 11.2 Å². The summed E-state index contributed by atoms with van der Waals surface area (Å²) in [5, 5.41) is 10.8. The molecule has 0 bridgehead atoms. The maximum Gasteiger partial charge on any atom is 0.269 e. The van der Waals surface area contributed by atoms with Crippen molar-refractivity contribution in [3.63, 3.8) is 0 Å². The van der Waals surface area contributed by atoms with E-state index < -0.39 is 4.92 Å². The molecular weight excluding hydrogens is 370 g/mol. The van der Waals surface area contributed by atoms with Crippen LogP contribution in [0.25, 0.3) is 0 Å². The van der Waals surface area contributed by atoms with Crippen LogP contribution in [0.4, 0.5) is 11.4 Å². The Bertz CT molecular complexity index is 870. The summed E-state index contributed by atoms with van der Waals surface area (Å²) in [5.41, 5.74) is 2.81. The summed E-state index contributed by atoms with van der Waals surface area (Å²) < 4.78 is 0. The minimum atomic E-state index is -0.417. The maximum absolute atomic E-state index is 12.5. The monoisotopic (exact) mass is 395 g/mol. The van der Waals surface area contributed by atoms with E-state index in [0.717, 1.165) is 12.1 Å². The van der Waals surface area contributed by atoms with Crippen LogP contribution in [0, 0.1) is 10.1 Å². The SMILES string of the molecule is CCc1ccc(C(=O)CCC(=O)N2CCN(c3ccc([N+](=O)[O-])cc3)CC2)cc1. The summed E-state index contributed by atoms with van der Waals surface area (Å²) in [6.45, 7) is 4.55. The fourth-order valence-electron chi connectivity index (χ4n) is 3.45. The first kappa shape index (κ1) is 20.5. The van der Waals surface area contributed by atoms with Gasteiger partial charge in [0.1, 0.15) is 0 Å². The first-order valence-corrected chi connectivity index (χ1v) is 9.87. The minimum Gasteiger partial charge on any atom is -0.368 e. The molecule has 1 aliphatic rings. The van der Waals surface area contributed by atoms with Crippen molar-refractivity contribution < 1.29 is 14.5 Å². The molecule has 7 heteroatoms. The van der Waals surface area contributed by atoms with Gasteiger partial charge in [-0.15, -0.1) is 0 Å². The number of nitro groups is 1. The van der Waals surface area contributed by atoms with Crippen LogP contribution >= 0.6 is 0 Å². The maximum atomic E-state index is 12.5. The highest BCUT2D eigenvalue weighted by Gasteiger charge is 2.22. The number of piperazine rings is 1. The number of nitro benzene ring substituents is 1. The van der Waals surface area contributed by atoms with Crippen LogP contribution < -0.4 is 4.90 Å². The van der Waals surface area contributed by atoms with E-state index in [2.05, 4.69) is 11.8 Å². The van der Waals surface area contributed by atoms with Crippen molar-refractivity contribution in [2.45, 2.75) is 26.2 Å². The molecule has 0 unspecified atom stereocenters. The molecule has 2 aromatic carbocycles. The van der Waals surface area contributed by atoms with Crippen LogP contribution in [0.2, 0.25) is 0 Å². The highest BCUT2D eigenvalue weighted by Crippen LogP contribution is 2.21. The van der Waals surface area contributed by atoms with E-state index in [1.165, 1.54) is 17.7 Å². The predicted molar refractivity (Wildman–Crippen MR) is 111 cm³/mol. The summed E-state index contributed by atoms with van der Waals surface area (Å²) in [6.07, 6.45) is 1.36. The Balaban J connectivity index is 1.46. The van der Waals surface area contributed by atoms with E-state index in [4.69, 9.17) is 0 Å². The van der Waals surface area contributed by atoms with Crippen LogP contribution in [0.3, 0.4) is 0 Å². The molecule has 7 nitrogen and oxygen atoms in total. The molecule has 0 saturated carbocycles. The second-order valence-corrected chi connectivity index (χ2v) is 7.11. The number of Topliss-reactive ketones (excluding diaryl/α,β-unsaturated/α-hetero) is 1. The predicted octanol–water partition coefficient (Wildman–Crippen LogP) is 3.47. The molecule has 0 aromatic heterocycles. The number of nitrogens with zero attached hydrogens (tertiary/aromatic N) is 3. The fraction of sp³-hybridized carbons (Fsp3) is 0.364. The number of carbonyl (C=O) groups excluding carboxylic acids is 2. The topological polar surface area (TPSA) is 83.8 Å². The number of amides is 1. The van der Waals surface area contributed by atoms with Crippen molar-refractivity contribution in [1.29, 1.82) is 0 Å². The zero-order chi connectivity index (χ0) is 20.8. The van der Waals surface area contributed by atoms with Crippen molar-refractivity contribution in [1.82, 2.24) is 4.90 Å². The number of rotatable bonds is 7. The Morgan fingerprint density at radius 3 is 2.10 bits per heavy atom. The second kappa shape index (κ2) is 9.32. The third-order valence-electron chi connectivity index (χ3n) is 5.31. The number of hydrogen-bond acceptors (Lipinski definition) is 5. The van der Waals surface area contributed by atoms with Crippen molar-refractivity contribution in [3.8, 4) is 0 Å². The minimum absolute atomic E-state index is 0.00752.